The fourth-order valence-corrected chi connectivity index (χ4v) is 0.333. The van der Waals surface area contributed by atoms with Crippen LogP contribution in [-0.2, 0) is 13.6 Å². The molecule has 2 N–H and O–H groups in total. The van der Waals surface area contributed by atoms with E-state index in [4.69, 9.17) is 10.8 Å². The topological polar surface area (TPSA) is 83.2 Å². The van der Waals surface area contributed by atoms with Crippen molar-refractivity contribution in [2.45, 2.75) is 0 Å². The van der Waals surface area contributed by atoms with E-state index in [0.717, 1.165) is 0 Å². The molecule has 44 valence electrons. The Balaban J connectivity index is 3.32. The summed E-state index contributed by atoms with van der Waals surface area (Å²) < 4.78 is 18.0. The smallest absolute Gasteiger partial charge is 0.270 e. The molecule has 5 nitrogen and oxygen atoms in total. The van der Waals surface area contributed by atoms with Crippen LogP contribution < -0.4 is 0 Å². The largest absolute Gasteiger partial charge is 0.807 e. The van der Waals surface area contributed by atoms with Crippen molar-refractivity contribution < 1.29 is 13.6 Å². The quantitative estimate of drug-likeness (QED) is 0.341. The van der Waals surface area contributed by atoms with Crippen molar-refractivity contribution >= 4 is 21.1 Å². The lowest BCUT2D eigenvalue weighted by atomic mass is 11.6. The third kappa shape index (κ3) is 3.24. The molecule has 0 spiro atoms. The Kier molecular flexibility index (Phi) is 3.70. The van der Waals surface area contributed by atoms with Crippen LogP contribution in [0, 0.1) is 10.8 Å². The summed E-state index contributed by atoms with van der Waals surface area (Å²) in [5.41, 5.74) is 0. The van der Waals surface area contributed by atoms with Crippen molar-refractivity contribution in [3.05, 3.63) is 0 Å². The average Bonchev–Trinajstić information content (AvgIpc) is 1.68. The van der Waals surface area contributed by atoms with Gasteiger partial charge in [-0.25, -0.2) is 9.05 Å². The van der Waals surface area contributed by atoms with E-state index in [1.54, 1.807) is 0 Å². The first-order valence-electron chi connectivity index (χ1n) is 1.60. The van der Waals surface area contributed by atoms with Crippen LogP contribution in [-0.4, -0.2) is 12.8 Å². The molecule has 0 saturated heterocycles. The highest BCUT2D eigenvalue weighted by molar-refractivity contribution is 7.34. The van der Waals surface area contributed by atoms with Gasteiger partial charge in [0.15, 0.2) is 0 Å². The van der Waals surface area contributed by atoms with Gasteiger partial charge in [0.05, 0.1) is 0 Å². The number of rotatable bonds is 4. The van der Waals surface area contributed by atoms with Gasteiger partial charge in [-0.3, -0.25) is 10.8 Å². The van der Waals surface area contributed by atoms with E-state index >= 15 is 0 Å². The first kappa shape index (κ1) is 7.04. The Morgan fingerprint density at radius 1 is 1.25 bits per heavy atom. The molecule has 0 aromatic carbocycles. The molecule has 0 heterocycles. The summed E-state index contributed by atoms with van der Waals surface area (Å²) in [6, 6.07) is 0. The standard InChI is InChI=1S/C2H4N2O3P/c3-1-6-8(5)7-2-4/h1-4H/q+1. The lowest BCUT2D eigenvalue weighted by Crippen LogP contribution is -1.76. The summed E-state index contributed by atoms with van der Waals surface area (Å²) in [5.74, 6) is 0. The summed E-state index contributed by atoms with van der Waals surface area (Å²) in [5, 5.41) is 12.5. The van der Waals surface area contributed by atoms with Crippen molar-refractivity contribution in [3.8, 4) is 0 Å². The lowest BCUT2D eigenvalue weighted by Gasteiger charge is -1.72. The summed E-state index contributed by atoms with van der Waals surface area (Å²) in [6.45, 7) is 0. The zero-order valence-electron chi connectivity index (χ0n) is 3.83. The molecule has 0 bridgehead atoms. The van der Waals surface area contributed by atoms with E-state index in [1.807, 2.05) is 0 Å². The lowest BCUT2D eigenvalue weighted by molar-refractivity contribution is 0.419. The van der Waals surface area contributed by atoms with Gasteiger partial charge in [-0.05, 0) is 0 Å². The first-order chi connectivity index (χ1) is 3.81. The Hall–Kier alpha value is -0.960. The monoisotopic (exact) mass is 135 g/mol. The molecule has 0 rings (SSSR count). The van der Waals surface area contributed by atoms with E-state index in [2.05, 4.69) is 9.05 Å². The predicted molar refractivity (Wildman–Crippen MR) is 27.3 cm³/mol. The Morgan fingerprint density at radius 2 is 1.62 bits per heavy atom. The molecule has 0 amide bonds. The van der Waals surface area contributed by atoms with Gasteiger partial charge >= 0.3 is 8.25 Å². The maximum atomic E-state index is 10.0. The molecule has 0 saturated carbocycles. The second-order valence-electron chi connectivity index (χ2n) is 0.670. The fourth-order valence-electron chi connectivity index (χ4n) is 0.111. The molecule has 0 atom stereocenters. The molecule has 0 aliphatic carbocycles. The molecule has 8 heavy (non-hydrogen) atoms. The predicted octanol–water partition coefficient (Wildman–Crippen LogP) is 0.891. The molecule has 0 aliphatic rings. The third-order valence-electron chi connectivity index (χ3n) is 0.278. The van der Waals surface area contributed by atoms with Crippen molar-refractivity contribution in [1.82, 2.24) is 0 Å². The second-order valence-corrected chi connectivity index (χ2v) is 1.54. The van der Waals surface area contributed by atoms with Crippen LogP contribution in [0.2, 0.25) is 0 Å². The van der Waals surface area contributed by atoms with E-state index < -0.39 is 8.25 Å². The van der Waals surface area contributed by atoms with Gasteiger partial charge in [0.1, 0.15) is 0 Å². The minimum absolute atomic E-state index is 0.488. The molecule has 6 heteroatoms. The summed E-state index contributed by atoms with van der Waals surface area (Å²) in [7, 11) is -2.32. The Morgan fingerprint density at radius 3 is 1.88 bits per heavy atom. The van der Waals surface area contributed by atoms with Gasteiger partial charge in [0.2, 0.25) is 12.8 Å². The second kappa shape index (κ2) is 4.21. The zero-order valence-corrected chi connectivity index (χ0v) is 4.72. The molecule has 0 unspecified atom stereocenters. The van der Waals surface area contributed by atoms with Gasteiger partial charge in [0.25, 0.3) is 0 Å². The highest BCUT2D eigenvalue weighted by Crippen LogP contribution is 2.19. The van der Waals surface area contributed by atoms with Crippen LogP contribution in [0.3, 0.4) is 0 Å². The van der Waals surface area contributed by atoms with Gasteiger partial charge < -0.3 is 0 Å². The van der Waals surface area contributed by atoms with Crippen LogP contribution in [0.15, 0.2) is 0 Å². The van der Waals surface area contributed by atoms with Gasteiger partial charge in [0, 0.05) is 4.57 Å². The molecule has 0 radical (unpaired) electrons. The normalized spacial score (nSPS) is 9.25. The third-order valence-corrected chi connectivity index (χ3v) is 0.833. The highest BCUT2D eigenvalue weighted by atomic mass is 31.1. The van der Waals surface area contributed by atoms with Gasteiger partial charge in [-0.2, -0.15) is 0 Å². The summed E-state index contributed by atoms with van der Waals surface area (Å²) >= 11 is 0. The number of nitrogens with one attached hydrogen (secondary N) is 2. The number of hydrogen-bond acceptors (Lipinski definition) is 5. The van der Waals surface area contributed by atoms with Gasteiger partial charge in [-0.15, -0.1) is 0 Å². The molecule has 0 aromatic heterocycles. The van der Waals surface area contributed by atoms with Crippen LogP contribution in [0.1, 0.15) is 0 Å². The number of hydrogen-bond donors (Lipinski definition) is 2. The molecular formula is C2H4N2O3P+. The van der Waals surface area contributed by atoms with Crippen molar-refractivity contribution in [2.24, 2.45) is 0 Å². The highest BCUT2D eigenvalue weighted by Gasteiger charge is 2.16. The summed E-state index contributed by atoms with van der Waals surface area (Å²) in [6.07, 6.45) is 0.977. The first-order valence-corrected chi connectivity index (χ1v) is 2.69. The van der Waals surface area contributed by atoms with E-state index in [0.29, 0.717) is 12.8 Å². The van der Waals surface area contributed by atoms with E-state index in [1.165, 1.54) is 0 Å². The minimum atomic E-state index is -2.32. The van der Waals surface area contributed by atoms with Crippen molar-refractivity contribution in [2.75, 3.05) is 0 Å². The minimum Gasteiger partial charge on any atom is -0.270 e. The maximum absolute atomic E-state index is 10.0. The Labute approximate surface area is 46.6 Å². The SMILES string of the molecule is N=CO[P+](=O)OC=N. The zero-order chi connectivity index (χ0) is 6.41. The van der Waals surface area contributed by atoms with Crippen LogP contribution in [0.25, 0.3) is 0 Å². The van der Waals surface area contributed by atoms with E-state index in [-0.39, 0.29) is 0 Å². The molecule has 0 aliphatic heterocycles. The molecule has 0 aromatic rings. The molecule has 0 fully saturated rings. The van der Waals surface area contributed by atoms with E-state index in [9.17, 15) is 4.57 Å². The van der Waals surface area contributed by atoms with Crippen molar-refractivity contribution in [3.63, 3.8) is 0 Å². The van der Waals surface area contributed by atoms with Gasteiger partial charge in [-0.1, -0.05) is 0 Å². The van der Waals surface area contributed by atoms with Crippen LogP contribution in [0.5, 0.6) is 0 Å². The van der Waals surface area contributed by atoms with Crippen LogP contribution >= 0.6 is 8.25 Å². The average molecular weight is 135 g/mol. The molecular weight excluding hydrogens is 131 g/mol. The van der Waals surface area contributed by atoms with Crippen LogP contribution in [0.4, 0.5) is 0 Å². The Bertz CT molecular complexity index is 102. The fraction of sp³-hybridized carbons (Fsp3) is 0. The maximum Gasteiger partial charge on any atom is 0.807 e. The summed E-state index contributed by atoms with van der Waals surface area (Å²) in [4.78, 5) is 0. The van der Waals surface area contributed by atoms with Crippen molar-refractivity contribution in [1.29, 1.82) is 10.8 Å².